The molecule has 0 radical (unpaired) electrons. The van der Waals surface area contributed by atoms with Crippen LogP contribution in [0.1, 0.15) is 0 Å². The van der Waals surface area contributed by atoms with Gasteiger partial charge in [-0.15, -0.1) is 0 Å². The van der Waals surface area contributed by atoms with Gasteiger partial charge >= 0.3 is 6.03 Å². The maximum Gasteiger partial charge on any atom is 0.322 e. The van der Waals surface area contributed by atoms with Crippen molar-refractivity contribution in [1.82, 2.24) is 4.90 Å². The monoisotopic (exact) mass is 312 g/mol. The van der Waals surface area contributed by atoms with Gasteiger partial charge in [-0.3, -0.25) is 0 Å². The molecule has 0 unspecified atom stereocenters. The molecule has 1 rings (SSSR count). The van der Waals surface area contributed by atoms with Crippen molar-refractivity contribution in [3.63, 3.8) is 0 Å². The van der Waals surface area contributed by atoms with Crippen molar-refractivity contribution in [3.05, 3.63) is 28.2 Å². The normalized spacial score (nSPS) is 10.6. The summed E-state index contributed by atoms with van der Waals surface area (Å²) < 4.78 is 24.6. The lowest BCUT2D eigenvalue weighted by atomic mass is 10.3. The zero-order valence-corrected chi connectivity index (χ0v) is 11.3. The Hall–Kier alpha value is -1.11. The number of carbonyl (C=O) groups is 1. The molecule has 0 saturated carbocycles. The molecule has 8 heteroatoms. The number of rotatable bonds is 5. The highest BCUT2D eigenvalue weighted by atomic mass is 35.5. The van der Waals surface area contributed by atoms with E-state index in [4.69, 9.17) is 28.3 Å². The van der Waals surface area contributed by atoms with Crippen LogP contribution in [0.2, 0.25) is 10.0 Å². The smallest absolute Gasteiger partial charge is 0.322 e. The van der Waals surface area contributed by atoms with Crippen LogP contribution in [0.25, 0.3) is 0 Å². The molecule has 19 heavy (non-hydrogen) atoms. The Morgan fingerprint density at radius 2 is 2.11 bits per heavy atom. The molecule has 0 heterocycles. The predicted octanol–water partition coefficient (Wildman–Crippen LogP) is 3.08. The highest BCUT2D eigenvalue weighted by Gasteiger charge is 2.18. The summed E-state index contributed by atoms with van der Waals surface area (Å²) in [6, 6.07) is 3.63. The van der Waals surface area contributed by atoms with Gasteiger partial charge in [-0.2, -0.15) is 0 Å². The van der Waals surface area contributed by atoms with Gasteiger partial charge in [-0.05, 0) is 18.2 Å². The number of urea groups is 1. The number of aliphatic hydroxyl groups excluding tert-OH is 1. The van der Waals surface area contributed by atoms with E-state index in [1.165, 1.54) is 18.2 Å². The van der Waals surface area contributed by atoms with E-state index in [0.29, 0.717) is 5.02 Å². The van der Waals surface area contributed by atoms with E-state index in [-0.39, 0.29) is 17.3 Å². The lowest BCUT2D eigenvalue weighted by Crippen LogP contribution is -2.40. The van der Waals surface area contributed by atoms with Gasteiger partial charge in [0.25, 0.3) is 6.43 Å². The number of amides is 2. The first-order valence-electron chi connectivity index (χ1n) is 5.34. The quantitative estimate of drug-likeness (QED) is 0.878. The second-order valence-corrected chi connectivity index (χ2v) is 4.46. The molecule has 2 N–H and O–H groups in total. The number of nitrogens with zero attached hydrogens (tertiary/aromatic N) is 1. The number of benzene rings is 1. The molecule has 2 amide bonds. The summed E-state index contributed by atoms with van der Waals surface area (Å²) >= 11 is 11.6. The fraction of sp³-hybridized carbons (Fsp3) is 0.364. The average molecular weight is 313 g/mol. The Labute approximate surface area is 118 Å². The van der Waals surface area contributed by atoms with Gasteiger partial charge < -0.3 is 15.3 Å². The van der Waals surface area contributed by atoms with E-state index in [2.05, 4.69) is 5.32 Å². The number of alkyl halides is 2. The van der Waals surface area contributed by atoms with E-state index in [1.54, 1.807) is 0 Å². The van der Waals surface area contributed by atoms with E-state index in [1.807, 2.05) is 0 Å². The van der Waals surface area contributed by atoms with Gasteiger partial charge in [0, 0.05) is 11.6 Å². The lowest BCUT2D eigenvalue weighted by Gasteiger charge is -2.22. The van der Waals surface area contributed by atoms with Crippen LogP contribution in [0.15, 0.2) is 18.2 Å². The van der Waals surface area contributed by atoms with Crippen LogP contribution < -0.4 is 5.32 Å². The molecule has 0 aliphatic carbocycles. The van der Waals surface area contributed by atoms with E-state index in [0.717, 1.165) is 4.90 Å². The Morgan fingerprint density at radius 3 is 2.68 bits per heavy atom. The first-order valence-corrected chi connectivity index (χ1v) is 6.09. The Bertz CT molecular complexity index is 447. The molecule has 0 aliphatic heterocycles. The van der Waals surface area contributed by atoms with Crippen LogP contribution >= 0.6 is 23.2 Å². The Kier molecular flexibility index (Phi) is 6.27. The molecule has 0 atom stereocenters. The van der Waals surface area contributed by atoms with Gasteiger partial charge in [-0.25, -0.2) is 13.6 Å². The van der Waals surface area contributed by atoms with Crippen LogP contribution in [0.3, 0.4) is 0 Å². The minimum Gasteiger partial charge on any atom is -0.395 e. The lowest BCUT2D eigenvalue weighted by molar-refractivity contribution is 0.0943. The predicted molar refractivity (Wildman–Crippen MR) is 70.1 cm³/mol. The average Bonchev–Trinajstić information content (AvgIpc) is 2.32. The molecule has 4 nitrogen and oxygen atoms in total. The summed E-state index contributed by atoms with van der Waals surface area (Å²) in [7, 11) is 0. The standard InChI is InChI=1S/C11H12Cl2F2N2O2/c12-7-1-2-8(13)9(5-7)16-11(19)17(3-4-18)6-10(14)15/h1-2,5,10,18H,3-4,6H2,(H,16,19). The van der Waals surface area contributed by atoms with Crippen LogP contribution in [-0.2, 0) is 0 Å². The molecule has 0 bridgehead atoms. The van der Waals surface area contributed by atoms with Gasteiger partial charge in [0.15, 0.2) is 0 Å². The summed E-state index contributed by atoms with van der Waals surface area (Å²) in [6.45, 7) is -1.39. The van der Waals surface area contributed by atoms with Crippen LogP contribution in [0, 0.1) is 0 Å². The van der Waals surface area contributed by atoms with Gasteiger partial charge in [-0.1, -0.05) is 23.2 Å². The number of carbonyl (C=O) groups excluding carboxylic acids is 1. The van der Waals surface area contributed by atoms with Crippen LogP contribution in [0.4, 0.5) is 19.3 Å². The second kappa shape index (κ2) is 7.47. The van der Waals surface area contributed by atoms with Crippen molar-refractivity contribution in [3.8, 4) is 0 Å². The minimum atomic E-state index is -2.69. The summed E-state index contributed by atoms with van der Waals surface area (Å²) in [5.41, 5.74) is 0.219. The maximum absolute atomic E-state index is 12.3. The third-order valence-corrected chi connectivity index (χ3v) is 2.75. The summed E-state index contributed by atoms with van der Waals surface area (Å²) in [4.78, 5) is 12.6. The zero-order chi connectivity index (χ0) is 14.4. The number of hydrogen-bond donors (Lipinski definition) is 2. The van der Waals surface area contributed by atoms with Gasteiger partial charge in [0.2, 0.25) is 0 Å². The van der Waals surface area contributed by atoms with Crippen LogP contribution in [0.5, 0.6) is 0 Å². The van der Waals surface area contributed by atoms with Crippen molar-refractivity contribution in [2.45, 2.75) is 6.43 Å². The molecule has 0 spiro atoms. The number of nitrogens with one attached hydrogen (secondary N) is 1. The fourth-order valence-corrected chi connectivity index (χ4v) is 1.69. The van der Waals surface area contributed by atoms with E-state index in [9.17, 15) is 13.6 Å². The fourth-order valence-electron chi connectivity index (χ4n) is 1.35. The molecule has 106 valence electrons. The third kappa shape index (κ3) is 5.18. The molecule has 0 saturated heterocycles. The SMILES string of the molecule is O=C(Nc1cc(Cl)ccc1Cl)N(CCO)CC(F)F. The van der Waals surface area contributed by atoms with Crippen molar-refractivity contribution >= 4 is 34.9 Å². The number of halogens is 4. The highest BCUT2D eigenvalue weighted by molar-refractivity contribution is 6.35. The first-order chi connectivity index (χ1) is 8.93. The zero-order valence-electron chi connectivity index (χ0n) is 9.75. The van der Waals surface area contributed by atoms with E-state index < -0.39 is 25.6 Å². The minimum absolute atomic E-state index is 0.200. The molecular formula is C11H12Cl2F2N2O2. The third-order valence-electron chi connectivity index (χ3n) is 2.19. The topological polar surface area (TPSA) is 52.6 Å². The molecular weight excluding hydrogens is 301 g/mol. The number of anilines is 1. The molecule has 0 aliphatic rings. The molecule has 1 aromatic carbocycles. The van der Waals surface area contributed by atoms with E-state index >= 15 is 0 Å². The molecule has 1 aromatic rings. The van der Waals surface area contributed by atoms with Gasteiger partial charge in [0.05, 0.1) is 23.9 Å². The Balaban J connectivity index is 2.77. The number of aliphatic hydroxyl groups is 1. The number of hydrogen-bond acceptors (Lipinski definition) is 2. The van der Waals surface area contributed by atoms with Crippen molar-refractivity contribution in [2.75, 3.05) is 25.0 Å². The first kappa shape index (κ1) is 15.9. The summed E-state index contributed by atoms with van der Waals surface area (Å²) in [5, 5.41) is 11.7. The van der Waals surface area contributed by atoms with Crippen molar-refractivity contribution < 1.29 is 18.7 Å². The molecule has 0 fully saturated rings. The second-order valence-electron chi connectivity index (χ2n) is 3.62. The maximum atomic E-state index is 12.3. The van der Waals surface area contributed by atoms with Crippen LogP contribution in [-0.4, -0.2) is 42.2 Å². The Morgan fingerprint density at radius 1 is 1.42 bits per heavy atom. The van der Waals surface area contributed by atoms with Gasteiger partial charge in [0.1, 0.15) is 0 Å². The summed E-state index contributed by atoms with van der Waals surface area (Å²) in [5.74, 6) is 0. The van der Waals surface area contributed by atoms with Crippen molar-refractivity contribution in [2.24, 2.45) is 0 Å². The largest absolute Gasteiger partial charge is 0.395 e. The summed E-state index contributed by atoms with van der Waals surface area (Å²) in [6.07, 6.45) is -2.69. The molecule has 0 aromatic heterocycles. The highest BCUT2D eigenvalue weighted by Crippen LogP contribution is 2.25. The van der Waals surface area contributed by atoms with Crippen molar-refractivity contribution in [1.29, 1.82) is 0 Å².